The maximum absolute atomic E-state index is 8.67. The molecule has 2 heteroatoms. The first-order chi connectivity index (χ1) is 4.22. The van der Waals surface area contributed by atoms with E-state index in [-0.39, 0.29) is 6.10 Å². The Morgan fingerprint density at radius 1 is 1.22 bits per heavy atom. The number of hydrogen-bond acceptors (Lipinski definition) is 2. The van der Waals surface area contributed by atoms with Gasteiger partial charge in [0.1, 0.15) is 0 Å². The zero-order valence-electron chi connectivity index (χ0n) is 6.94. The molecule has 0 aliphatic carbocycles. The number of aliphatic hydroxyl groups excluding tert-OH is 1. The molecule has 0 rings (SSSR count). The van der Waals surface area contributed by atoms with Gasteiger partial charge in [0.15, 0.2) is 0 Å². The maximum Gasteiger partial charge on any atom is 0.0535 e. The van der Waals surface area contributed by atoms with Gasteiger partial charge in [-0.25, -0.2) is 0 Å². The Morgan fingerprint density at radius 3 is 1.44 bits per heavy atom. The van der Waals surface area contributed by atoms with Crippen LogP contribution in [0.5, 0.6) is 0 Å². The summed E-state index contributed by atoms with van der Waals surface area (Å²) in [6.07, 6.45) is 1.71. The third-order valence-electron chi connectivity index (χ3n) is 0.942. The van der Waals surface area contributed by atoms with Gasteiger partial charge >= 0.3 is 0 Å². The van der Waals surface area contributed by atoms with Crippen molar-refractivity contribution in [2.75, 3.05) is 14.1 Å². The fourth-order valence-electron chi connectivity index (χ4n) is 0.289. The predicted molar refractivity (Wildman–Crippen MR) is 41.6 cm³/mol. The van der Waals surface area contributed by atoms with Crippen LogP contribution in [0, 0.1) is 0 Å². The molecule has 0 heterocycles. The molecule has 2 N–H and O–H groups in total. The first kappa shape index (κ1) is 11.7. The summed E-state index contributed by atoms with van der Waals surface area (Å²) in [5.41, 5.74) is 0. The van der Waals surface area contributed by atoms with Gasteiger partial charge in [-0.3, -0.25) is 0 Å². The molecule has 0 bridgehead atoms. The Balaban J connectivity index is 0. The summed E-state index contributed by atoms with van der Waals surface area (Å²) in [7, 11) is 3.75. The van der Waals surface area contributed by atoms with Crippen molar-refractivity contribution in [1.82, 2.24) is 5.32 Å². The van der Waals surface area contributed by atoms with Crippen LogP contribution in [0.4, 0.5) is 0 Å². The third kappa shape index (κ3) is 18.1. The Labute approximate surface area is 58.3 Å². The van der Waals surface area contributed by atoms with Gasteiger partial charge in [-0.05, 0) is 26.9 Å². The molecule has 2 nitrogen and oxygen atoms in total. The molecule has 0 aromatic rings. The Kier molecular flexibility index (Phi) is 14.0. The van der Waals surface area contributed by atoms with Crippen molar-refractivity contribution in [3.63, 3.8) is 0 Å². The highest BCUT2D eigenvalue weighted by Gasteiger charge is 1.90. The standard InChI is InChI=1S/C5H12O.C2H7N/c1-3-5(6)4-2;1-3-2/h5-6H,3-4H2,1-2H3;3H,1-2H3. The third-order valence-corrected chi connectivity index (χ3v) is 0.942. The molecule has 0 spiro atoms. The molecule has 0 unspecified atom stereocenters. The second-order valence-corrected chi connectivity index (χ2v) is 1.97. The van der Waals surface area contributed by atoms with E-state index >= 15 is 0 Å². The van der Waals surface area contributed by atoms with Crippen LogP contribution in [-0.2, 0) is 0 Å². The van der Waals surface area contributed by atoms with Gasteiger partial charge in [-0.15, -0.1) is 0 Å². The number of aliphatic hydroxyl groups is 1. The summed E-state index contributed by atoms with van der Waals surface area (Å²) < 4.78 is 0. The zero-order valence-corrected chi connectivity index (χ0v) is 6.94. The van der Waals surface area contributed by atoms with E-state index in [0.29, 0.717) is 0 Å². The van der Waals surface area contributed by atoms with Crippen LogP contribution in [-0.4, -0.2) is 25.3 Å². The van der Waals surface area contributed by atoms with Crippen LogP contribution in [0.1, 0.15) is 26.7 Å². The molecule has 9 heavy (non-hydrogen) atoms. The number of hydrogen-bond donors (Lipinski definition) is 2. The normalized spacial score (nSPS) is 8.67. The summed E-state index contributed by atoms with van der Waals surface area (Å²) in [6.45, 7) is 3.96. The van der Waals surface area contributed by atoms with Crippen LogP contribution in [0.3, 0.4) is 0 Å². The summed E-state index contributed by atoms with van der Waals surface area (Å²) in [5.74, 6) is 0. The molecule has 0 aliphatic heterocycles. The Hall–Kier alpha value is -0.0800. The second-order valence-electron chi connectivity index (χ2n) is 1.97. The van der Waals surface area contributed by atoms with Crippen molar-refractivity contribution in [3.05, 3.63) is 0 Å². The minimum atomic E-state index is -0.0648. The van der Waals surface area contributed by atoms with E-state index in [1.807, 2.05) is 27.9 Å². The first-order valence-electron chi connectivity index (χ1n) is 3.49. The van der Waals surface area contributed by atoms with Crippen LogP contribution in [0.25, 0.3) is 0 Å². The number of nitrogens with one attached hydrogen (secondary N) is 1. The lowest BCUT2D eigenvalue weighted by Gasteiger charge is -1.98. The molecule has 0 aromatic carbocycles. The Bertz CT molecular complexity index is 35.9. The van der Waals surface area contributed by atoms with Crippen LogP contribution in [0.2, 0.25) is 0 Å². The van der Waals surface area contributed by atoms with Crippen LogP contribution in [0.15, 0.2) is 0 Å². The van der Waals surface area contributed by atoms with Crippen molar-refractivity contribution >= 4 is 0 Å². The lowest BCUT2D eigenvalue weighted by Crippen LogP contribution is -1.99. The van der Waals surface area contributed by atoms with E-state index in [9.17, 15) is 0 Å². The molecule has 0 atom stereocenters. The van der Waals surface area contributed by atoms with E-state index in [1.165, 1.54) is 0 Å². The second kappa shape index (κ2) is 10.8. The lowest BCUT2D eigenvalue weighted by atomic mass is 10.2. The molecule has 0 radical (unpaired) electrons. The fourth-order valence-corrected chi connectivity index (χ4v) is 0.289. The quantitative estimate of drug-likeness (QED) is 0.589. The first-order valence-corrected chi connectivity index (χ1v) is 3.49. The highest BCUT2D eigenvalue weighted by Crippen LogP contribution is 1.91. The van der Waals surface area contributed by atoms with Gasteiger partial charge in [0.25, 0.3) is 0 Å². The van der Waals surface area contributed by atoms with E-state index in [0.717, 1.165) is 12.8 Å². The largest absolute Gasteiger partial charge is 0.393 e. The van der Waals surface area contributed by atoms with Gasteiger partial charge in [-0.1, -0.05) is 13.8 Å². The average molecular weight is 133 g/mol. The van der Waals surface area contributed by atoms with Crippen molar-refractivity contribution in [2.24, 2.45) is 0 Å². The van der Waals surface area contributed by atoms with Crippen LogP contribution < -0.4 is 5.32 Å². The molecule has 0 saturated carbocycles. The lowest BCUT2D eigenvalue weighted by molar-refractivity contribution is 0.166. The van der Waals surface area contributed by atoms with Crippen molar-refractivity contribution < 1.29 is 5.11 Å². The highest BCUT2D eigenvalue weighted by molar-refractivity contribution is 4.43. The molecule has 0 amide bonds. The average Bonchev–Trinajstić information content (AvgIpc) is 1.88. The maximum atomic E-state index is 8.67. The summed E-state index contributed by atoms with van der Waals surface area (Å²) in [5, 5.41) is 11.4. The predicted octanol–water partition coefficient (Wildman–Crippen LogP) is 1.00. The smallest absolute Gasteiger partial charge is 0.0535 e. The van der Waals surface area contributed by atoms with Crippen molar-refractivity contribution in [2.45, 2.75) is 32.8 Å². The van der Waals surface area contributed by atoms with Gasteiger partial charge < -0.3 is 10.4 Å². The fraction of sp³-hybridized carbons (Fsp3) is 1.00. The molecule has 0 saturated heterocycles. The molecule has 0 aliphatic rings. The SMILES string of the molecule is CCC(O)CC.CNC. The number of rotatable bonds is 2. The van der Waals surface area contributed by atoms with Gasteiger partial charge in [-0.2, -0.15) is 0 Å². The van der Waals surface area contributed by atoms with E-state index in [2.05, 4.69) is 5.32 Å². The van der Waals surface area contributed by atoms with Gasteiger partial charge in [0.2, 0.25) is 0 Å². The minimum Gasteiger partial charge on any atom is -0.393 e. The van der Waals surface area contributed by atoms with E-state index in [4.69, 9.17) is 5.11 Å². The summed E-state index contributed by atoms with van der Waals surface area (Å²) in [4.78, 5) is 0. The van der Waals surface area contributed by atoms with E-state index in [1.54, 1.807) is 0 Å². The van der Waals surface area contributed by atoms with Crippen molar-refractivity contribution in [1.29, 1.82) is 0 Å². The zero-order chi connectivity index (χ0) is 7.70. The molecule has 0 fully saturated rings. The summed E-state index contributed by atoms with van der Waals surface area (Å²) >= 11 is 0. The highest BCUT2D eigenvalue weighted by atomic mass is 16.3. The molecule has 0 aromatic heterocycles. The van der Waals surface area contributed by atoms with Crippen LogP contribution >= 0.6 is 0 Å². The molecular weight excluding hydrogens is 114 g/mol. The van der Waals surface area contributed by atoms with Gasteiger partial charge in [0, 0.05) is 0 Å². The monoisotopic (exact) mass is 133 g/mol. The summed E-state index contributed by atoms with van der Waals surface area (Å²) in [6, 6.07) is 0. The molecule has 58 valence electrons. The van der Waals surface area contributed by atoms with E-state index < -0.39 is 0 Å². The minimum absolute atomic E-state index is 0.0648. The topological polar surface area (TPSA) is 32.3 Å². The Morgan fingerprint density at radius 2 is 1.44 bits per heavy atom. The molecular formula is C7H19NO. The van der Waals surface area contributed by atoms with Crippen molar-refractivity contribution in [3.8, 4) is 0 Å². The van der Waals surface area contributed by atoms with Gasteiger partial charge in [0.05, 0.1) is 6.10 Å².